The molecule has 0 saturated carbocycles. The van der Waals surface area contributed by atoms with Crippen LogP contribution in [0.1, 0.15) is 27.2 Å². The third kappa shape index (κ3) is 4.07. The van der Waals surface area contributed by atoms with Crippen molar-refractivity contribution in [2.45, 2.75) is 32.7 Å². The molecule has 10 heavy (non-hydrogen) atoms. The van der Waals surface area contributed by atoms with Gasteiger partial charge in [-0.15, -0.1) is 0 Å². The molecule has 0 heterocycles. The van der Waals surface area contributed by atoms with E-state index in [0.29, 0.717) is 0 Å². The minimum atomic E-state index is 0.0454. The van der Waals surface area contributed by atoms with Gasteiger partial charge in [-0.25, -0.2) is 0 Å². The lowest BCUT2D eigenvalue weighted by Gasteiger charge is -2.21. The summed E-state index contributed by atoms with van der Waals surface area (Å²) in [5.41, 5.74) is 0.972. The minimum absolute atomic E-state index is 0.0454. The van der Waals surface area contributed by atoms with Crippen LogP contribution in [0, 0.1) is 5.92 Å². The molecule has 0 fully saturated rings. The average Bonchev–Trinajstić information content (AvgIpc) is 1.85. The van der Waals surface area contributed by atoms with Gasteiger partial charge < -0.3 is 4.57 Å². The molecule has 2 atom stereocenters. The van der Waals surface area contributed by atoms with Gasteiger partial charge in [0.05, 0.1) is 9.68 Å². The molecule has 0 aromatic rings. The second kappa shape index (κ2) is 4.91. The first kappa shape index (κ1) is 10.2. The Bertz CT molecular complexity index is 83.3. The highest BCUT2D eigenvalue weighted by Gasteiger charge is 2.10. The van der Waals surface area contributed by atoms with E-state index in [1.807, 2.05) is 0 Å². The van der Waals surface area contributed by atoms with Crippen LogP contribution < -0.4 is 0 Å². The quantitative estimate of drug-likeness (QED) is 0.562. The van der Waals surface area contributed by atoms with E-state index >= 15 is 0 Å². The molecule has 0 radical (unpaired) electrons. The predicted molar refractivity (Wildman–Crippen MR) is 51.1 cm³/mol. The number of hydrogen-bond donors (Lipinski definition) is 0. The summed E-state index contributed by atoms with van der Waals surface area (Å²) in [6.45, 7) is 7.03. The lowest BCUT2D eigenvalue weighted by Crippen LogP contribution is -2.24. The van der Waals surface area contributed by atoms with Crippen LogP contribution in [0.3, 0.4) is 0 Å². The molecule has 0 aliphatic rings. The lowest BCUT2D eigenvalue weighted by atomic mass is 10.1. The van der Waals surface area contributed by atoms with Crippen molar-refractivity contribution >= 4 is 9.68 Å². The third-order valence-corrected chi connectivity index (χ3v) is 4.38. The first-order chi connectivity index (χ1) is 4.57. The Kier molecular flexibility index (Phi) is 5.00. The summed E-state index contributed by atoms with van der Waals surface area (Å²) < 4.78 is 2.40. The molecule has 0 bridgehead atoms. The van der Waals surface area contributed by atoms with Gasteiger partial charge in [0, 0.05) is 0 Å². The Morgan fingerprint density at radius 2 is 1.80 bits per heavy atom. The Hall–Kier alpha value is 0.177. The van der Waals surface area contributed by atoms with Crippen molar-refractivity contribution in [2.75, 3.05) is 14.1 Å². The van der Waals surface area contributed by atoms with Crippen molar-refractivity contribution in [1.82, 2.24) is 4.57 Å². The molecule has 0 spiro atoms. The number of rotatable bonds is 4. The molecule has 2 heteroatoms. The van der Waals surface area contributed by atoms with E-state index in [-0.39, 0.29) is 9.68 Å². The normalized spacial score (nSPS) is 18.6. The summed E-state index contributed by atoms with van der Waals surface area (Å²) >= 11 is 0. The molecule has 0 aromatic carbocycles. The predicted octanol–water partition coefficient (Wildman–Crippen LogP) is 1.49. The molecule has 0 aliphatic carbocycles. The van der Waals surface area contributed by atoms with Crippen LogP contribution in [0.2, 0.25) is 5.54 Å². The van der Waals surface area contributed by atoms with E-state index in [2.05, 4.69) is 39.4 Å². The fraction of sp³-hybridized carbons (Fsp3) is 1.00. The molecular weight excluding hydrogens is 138 g/mol. The van der Waals surface area contributed by atoms with Gasteiger partial charge in [-0.05, 0) is 25.6 Å². The maximum absolute atomic E-state index is 2.40. The summed E-state index contributed by atoms with van der Waals surface area (Å²) in [5.74, 6) is 0.925. The second-order valence-corrected chi connectivity index (χ2v) is 6.54. The molecule has 0 rings (SSSR count). The van der Waals surface area contributed by atoms with E-state index in [1.165, 1.54) is 6.42 Å². The van der Waals surface area contributed by atoms with Crippen LogP contribution in [-0.4, -0.2) is 28.3 Å². The zero-order valence-electron chi connectivity index (χ0n) is 8.02. The smallest absolute Gasteiger partial charge is 0.0974 e. The van der Waals surface area contributed by atoms with Gasteiger partial charge in [-0.3, -0.25) is 0 Å². The van der Waals surface area contributed by atoms with Gasteiger partial charge in [-0.2, -0.15) is 0 Å². The molecule has 62 valence electrons. The van der Waals surface area contributed by atoms with Gasteiger partial charge in [0.25, 0.3) is 0 Å². The summed E-state index contributed by atoms with van der Waals surface area (Å²) in [6.07, 6.45) is 1.34. The zero-order chi connectivity index (χ0) is 8.15. The van der Waals surface area contributed by atoms with Crippen molar-refractivity contribution in [3.63, 3.8) is 0 Å². The van der Waals surface area contributed by atoms with Gasteiger partial charge in [0.15, 0.2) is 0 Å². The summed E-state index contributed by atoms with van der Waals surface area (Å²) in [6, 6.07) is 0. The Balaban J connectivity index is 3.50. The maximum Gasteiger partial charge on any atom is 0.0974 e. The van der Waals surface area contributed by atoms with Gasteiger partial charge in [0.2, 0.25) is 0 Å². The summed E-state index contributed by atoms with van der Waals surface area (Å²) in [4.78, 5) is 0. The first-order valence-corrected chi connectivity index (χ1v) is 5.67. The maximum atomic E-state index is 2.40. The number of hydrogen-bond acceptors (Lipinski definition) is 1. The molecule has 0 N–H and O–H groups in total. The van der Waals surface area contributed by atoms with E-state index in [0.717, 1.165) is 11.5 Å². The van der Waals surface area contributed by atoms with E-state index in [1.54, 1.807) is 0 Å². The fourth-order valence-corrected chi connectivity index (χ4v) is 3.00. The molecule has 0 amide bonds. The Labute approximate surface area is 67.7 Å². The molecule has 0 aliphatic heterocycles. The van der Waals surface area contributed by atoms with E-state index < -0.39 is 0 Å². The summed E-state index contributed by atoms with van der Waals surface area (Å²) in [7, 11) is 4.44. The zero-order valence-corrected chi connectivity index (χ0v) is 9.43. The number of nitrogens with zero attached hydrogens (tertiary/aromatic N) is 1. The highest BCUT2D eigenvalue weighted by molar-refractivity contribution is 6.33. The largest absolute Gasteiger partial charge is 0.334 e. The molecule has 2 unspecified atom stereocenters. The van der Waals surface area contributed by atoms with E-state index in [9.17, 15) is 0 Å². The minimum Gasteiger partial charge on any atom is -0.334 e. The SMILES string of the molecule is CCC(C)C(C)[SiH2]N(C)C. The molecule has 0 aromatic heterocycles. The van der Waals surface area contributed by atoms with Crippen LogP contribution in [0.25, 0.3) is 0 Å². The highest BCUT2D eigenvalue weighted by Crippen LogP contribution is 2.18. The topological polar surface area (TPSA) is 3.24 Å². The summed E-state index contributed by atoms with van der Waals surface area (Å²) in [5, 5.41) is 0. The lowest BCUT2D eigenvalue weighted by molar-refractivity contribution is 0.513. The molecule has 0 saturated heterocycles. The van der Waals surface area contributed by atoms with Crippen molar-refractivity contribution < 1.29 is 0 Å². The third-order valence-electron chi connectivity index (χ3n) is 2.27. The first-order valence-electron chi connectivity index (χ1n) is 4.22. The second-order valence-electron chi connectivity index (χ2n) is 3.63. The van der Waals surface area contributed by atoms with Crippen molar-refractivity contribution in [1.29, 1.82) is 0 Å². The van der Waals surface area contributed by atoms with Crippen molar-refractivity contribution in [3.8, 4) is 0 Å². The van der Waals surface area contributed by atoms with Gasteiger partial charge in [0.1, 0.15) is 0 Å². The van der Waals surface area contributed by atoms with Crippen LogP contribution in [-0.2, 0) is 0 Å². The van der Waals surface area contributed by atoms with E-state index in [4.69, 9.17) is 0 Å². The van der Waals surface area contributed by atoms with Gasteiger partial charge >= 0.3 is 0 Å². The average molecular weight is 159 g/mol. The Morgan fingerprint density at radius 3 is 2.10 bits per heavy atom. The fourth-order valence-electron chi connectivity index (χ4n) is 1.16. The Morgan fingerprint density at radius 1 is 1.30 bits per heavy atom. The van der Waals surface area contributed by atoms with Gasteiger partial charge in [-0.1, -0.05) is 27.2 Å². The van der Waals surface area contributed by atoms with Crippen LogP contribution in [0.5, 0.6) is 0 Å². The highest BCUT2D eigenvalue weighted by atomic mass is 28.2. The van der Waals surface area contributed by atoms with Crippen LogP contribution in [0.4, 0.5) is 0 Å². The van der Waals surface area contributed by atoms with Crippen molar-refractivity contribution in [2.24, 2.45) is 5.92 Å². The molecule has 1 nitrogen and oxygen atoms in total. The van der Waals surface area contributed by atoms with Crippen LogP contribution >= 0.6 is 0 Å². The monoisotopic (exact) mass is 159 g/mol. The van der Waals surface area contributed by atoms with Crippen LogP contribution in [0.15, 0.2) is 0 Å². The van der Waals surface area contributed by atoms with Crippen molar-refractivity contribution in [3.05, 3.63) is 0 Å². The molecular formula is C8H21NSi. The standard InChI is InChI=1S/C8H21NSi/c1-6-7(2)8(3)10-9(4)5/h7-8H,6,10H2,1-5H3.